The monoisotopic (exact) mass is 319 g/mol. The largest absolute Gasteiger partial charge is 0.313 e. The molecule has 1 N–H and O–H groups in total. The second-order valence-electron chi connectivity index (χ2n) is 6.15. The van der Waals surface area contributed by atoms with Gasteiger partial charge in [-0.1, -0.05) is 18.3 Å². The van der Waals surface area contributed by atoms with Crippen LogP contribution >= 0.6 is 11.5 Å². The summed E-state index contributed by atoms with van der Waals surface area (Å²) in [7, 11) is 0. The number of aromatic nitrogens is 4. The van der Waals surface area contributed by atoms with Crippen LogP contribution in [0.1, 0.15) is 54.8 Å². The van der Waals surface area contributed by atoms with Gasteiger partial charge in [-0.2, -0.15) is 0 Å². The second-order valence-corrected chi connectivity index (χ2v) is 6.98. The lowest BCUT2D eigenvalue weighted by Gasteiger charge is -2.32. The van der Waals surface area contributed by atoms with Crippen LogP contribution in [0.5, 0.6) is 0 Å². The molecule has 3 heterocycles. The summed E-state index contributed by atoms with van der Waals surface area (Å²) in [6, 6.07) is 1.63. The number of H-pyrrole nitrogens is 1. The predicted molar refractivity (Wildman–Crippen MR) is 86.1 cm³/mol. The van der Waals surface area contributed by atoms with Gasteiger partial charge < -0.3 is 4.98 Å². The van der Waals surface area contributed by atoms with Gasteiger partial charge in [0.15, 0.2) is 0 Å². The first kappa shape index (κ1) is 15.3. The Bertz CT molecular complexity index is 680. The highest BCUT2D eigenvalue weighted by atomic mass is 32.1. The summed E-state index contributed by atoms with van der Waals surface area (Å²) < 4.78 is 4.10. The number of piperidine rings is 1. The van der Waals surface area contributed by atoms with Crippen molar-refractivity contribution in [1.29, 1.82) is 0 Å². The van der Waals surface area contributed by atoms with Crippen molar-refractivity contribution in [2.24, 2.45) is 0 Å². The minimum absolute atomic E-state index is 0.0733. The minimum atomic E-state index is -0.0733. The third-order valence-corrected chi connectivity index (χ3v) is 4.84. The number of nitrogens with zero attached hydrogens (tertiary/aromatic N) is 4. The number of likely N-dealkylation sites (tertiary alicyclic amines) is 1. The Kier molecular flexibility index (Phi) is 4.63. The van der Waals surface area contributed by atoms with Crippen molar-refractivity contribution in [3.8, 4) is 0 Å². The Hall–Kier alpha value is -1.60. The average molecular weight is 319 g/mol. The Labute approximate surface area is 133 Å². The molecule has 0 spiro atoms. The summed E-state index contributed by atoms with van der Waals surface area (Å²) >= 11 is 1.50. The van der Waals surface area contributed by atoms with E-state index in [9.17, 15) is 4.79 Å². The van der Waals surface area contributed by atoms with Gasteiger partial charge in [-0.25, -0.2) is 4.98 Å². The summed E-state index contributed by atoms with van der Waals surface area (Å²) in [4.78, 5) is 22.1. The van der Waals surface area contributed by atoms with E-state index < -0.39 is 0 Å². The maximum Gasteiger partial charge on any atom is 0.250 e. The van der Waals surface area contributed by atoms with E-state index in [1.165, 1.54) is 22.7 Å². The molecular weight excluding hydrogens is 298 g/mol. The van der Waals surface area contributed by atoms with Crippen molar-refractivity contribution in [2.45, 2.75) is 45.1 Å². The molecule has 0 saturated carbocycles. The molecule has 1 atom stereocenters. The van der Waals surface area contributed by atoms with Gasteiger partial charge >= 0.3 is 0 Å². The Balaban J connectivity index is 1.71. The van der Waals surface area contributed by atoms with Gasteiger partial charge in [-0.05, 0) is 36.8 Å². The molecule has 0 aliphatic carbocycles. The Morgan fingerprint density at radius 1 is 1.50 bits per heavy atom. The average Bonchev–Trinajstić information content (AvgIpc) is 2.96. The standard InChI is InChI=1S/C15H21N5OS/c1-10(2)15-13(22-19-18-15)8-20-5-3-4-11(7-20)12-6-14(21)17-9-16-12/h6,9-11H,3-5,7-8H2,1-2H3,(H,16,17,21)/t11-/m1/s1. The number of aromatic amines is 1. The fourth-order valence-electron chi connectivity index (χ4n) is 3.01. The molecule has 0 amide bonds. The first-order valence-electron chi connectivity index (χ1n) is 7.71. The fraction of sp³-hybridized carbons (Fsp3) is 0.600. The molecule has 22 heavy (non-hydrogen) atoms. The molecule has 7 heteroatoms. The van der Waals surface area contributed by atoms with E-state index in [2.05, 4.69) is 38.3 Å². The van der Waals surface area contributed by atoms with E-state index in [4.69, 9.17) is 0 Å². The summed E-state index contributed by atoms with van der Waals surface area (Å²) in [5.41, 5.74) is 1.94. The molecule has 0 aromatic carbocycles. The summed E-state index contributed by atoms with van der Waals surface area (Å²) in [6.45, 7) is 7.21. The van der Waals surface area contributed by atoms with E-state index in [0.717, 1.165) is 43.9 Å². The SMILES string of the molecule is CC(C)c1nnsc1CN1CCC[C@@H](c2cc(=O)[nH]cn2)C1. The Morgan fingerprint density at radius 3 is 3.14 bits per heavy atom. The van der Waals surface area contributed by atoms with Crippen molar-refractivity contribution in [3.63, 3.8) is 0 Å². The van der Waals surface area contributed by atoms with E-state index in [1.54, 1.807) is 6.07 Å². The zero-order valence-electron chi connectivity index (χ0n) is 13.0. The lowest BCUT2D eigenvalue weighted by Crippen LogP contribution is -2.34. The first-order chi connectivity index (χ1) is 10.6. The van der Waals surface area contributed by atoms with Gasteiger partial charge in [0.25, 0.3) is 5.56 Å². The van der Waals surface area contributed by atoms with Crippen molar-refractivity contribution in [1.82, 2.24) is 24.5 Å². The molecule has 0 radical (unpaired) electrons. The predicted octanol–water partition coefficient (Wildman–Crippen LogP) is 2.12. The summed E-state index contributed by atoms with van der Waals surface area (Å²) in [5, 5.41) is 4.25. The van der Waals surface area contributed by atoms with Crippen LogP contribution in [0, 0.1) is 0 Å². The minimum Gasteiger partial charge on any atom is -0.313 e. The first-order valence-corrected chi connectivity index (χ1v) is 8.49. The molecule has 3 rings (SSSR count). The smallest absolute Gasteiger partial charge is 0.250 e. The van der Waals surface area contributed by atoms with Crippen LogP contribution in [0.15, 0.2) is 17.2 Å². The highest BCUT2D eigenvalue weighted by Crippen LogP contribution is 2.28. The molecule has 1 fully saturated rings. The topological polar surface area (TPSA) is 74.8 Å². The van der Waals surface area contributed by atoms with Gasteiger partial charge in [-0.3, -0.25) is 9.69 Å². The van der Waals surface area contributed by atoms with Crippen molar-refractivity contribution >= 4 is 11.5 Å². The van der Waals surface area contributed by atoms with Gasteiger partial charge in [-0.15, -0.1) is 5.10 Å². The van der Waals surface area contributed by atoms with Gasteiger partial charge in [0.05, 0.1) is 22.6 Å². The highest BCUT2D eigenvalue weighted by Gasteiger charge is 2.24. The maximum atomic E-state index is 11.5. The Morgan fingerprint density at radius 2 is 2.36 bits per heavy atom. The molecular formula is C15H21N5OS. The fourth-order valence-corrected chi connectivity index (χ4v) is 3.85. The zero-order chi connectivity index (χ0) is 15.5. The van der Waals surface area contributed by atoms with E-state index in [1.807, 2.05) is 0 Å². The summed E-state index contributed by atoms with van der Waals surface area (Å²) in [6.07, 6.45) is 3.72. The van der Waals surface area contributed by atoms with Crippen LogP contribution < -0.4 is 5.56 Å². The van der Waals surface area contributed by atoms with Gasteiger partial charge in [0.1, 0.15) is 0 Å². The second kappa shape index (κ2) is 6.66. The maximum absolute atomic E-state index is 11.5. The molecule has 118 valence electrons. The van der Waals surface area contributed by atoms with Crippen molar-refractivity contribution in [2.75, 3.05) is 13.1 Å². The number of rotatable bonds is 4. The van der Waals surface area contributed by atoms with Crippen molar-refractivity contribution < 1.29 is 0 Å². The van der Waals surface area contributed by atoms with Crippen LogP contribution in [-0.4, -0.2) is 37.5 Å². The molecule has 2 aromatic rings. The molecule has 0 unspecified atom stereocenters. The van der Waals surface area contributed by atoms with Crippen LogP contribution in [0.2, 0.25) is 0 Å². The van der Waals surface area contributed by atoms with Crippen molar-refractivity contribution in [3.05, 3.63) is 39.0 Å². The third kappa shape index (κ3) is 3.41. The molecule has 6 nitrogen and oxygen atoms in total. The quantitative estimate of drug-likeness (QED) is 0.934. The molecule has 2 aromatic heterocycles. The van der Waals surface area contributed by atoms with Crippen LogP contribution in [0.4, 0.5) is 0 Å². The molecule has 1 aliphatic rings. The molecule has 1 saturated heterocycles. The van der Waals surface area contributed by atoms with E-state index in [-0.39, 0.29) is 5.56 Å². The normalized spacial score (nSPS) is 19.7. The van der Waals surface area contributed by atoms with Crippen LogP contribution in [0.3, 0.4) is 0 Å². The van der Waals surface area contributed by atoms with Gasteiger partial charge in [0, 0.05) is 25.1 Å². The van der Waals surface area contributed by atoms with E-state index in [0.29, 0.717) is 11.8 Å². The lowest BCUT2D eigenvalue weighted by molar-refractivity contribution is 0.199. The number of hydrogen-bond acceptors (Lipinski definition) is 6. The lowest BCUT2D eigenvalue weighted by atomic mass is 9.94. The molecule has 1 aliphatic heterocycles. The van der Waals surface area contributed by atoms with E-state index >= 15 is 0 Å². The van der Waals surface area contributed by atoms with Crippen LogP contribution in [-0.2, 0) is 6.54 Å². The third-order valence-electron chi connectivity index (χ3n) is 4.12. The van der Waals surface area contributed by atoms with Crippen LogP contribution in [0.25, 0.3) is 0 Å². The molecule has 0 bridgehead atoms. The summed E-state index contributed by atoms with van der Waals surface area (Å²) in [5.74, 6) is 0.739. The zero-order valence-corrected chi connectivity index (χ0v) is 13.8. The van der Waals surface area contributed by atoms with Gasteiger partial charge in [0.2, 0.25) is 0 Å². The highest BCUT2D eigenvalue weighted by molar-refractivity contribution is 7.05. The number of nitrogens with one attached hydrogen (secondary N) is 1. The number of hydrogen-bond donors (Lipinski definition) is 1.